The Morgan fingerprint density at radius 2 is 1.94 bits per heavy atom. The number of rotatable bonds is 1. The number of hydrogen-bond donors (Lipinski definition) is 0. The van der Waals surface area contributed by atoms with E-state index < -0.39 is 0 Å². The van der Waals surface area contributed by atoms with E-state index in [1.54, 1.807) is 0 Å². The Balaban J connectivity index is 1.64. The number of nitrogens with zero attached hydrogens (tertiary/aromatic N) is 1. The third kappa shape index (κ3) is 1.78. The monoisotopic (exact) mass is 269 g/mol. The Morgan fingerprint density at radius 1 is 1.18 bits per heavy atom. The van der Waals surface area contributed by atoms with Crippen LogP contribution in [0.4, 0.5) is 0 Å². The first-order valence-electron chi connectivity index (χ1n) is 7.03. The molecule has 1 aliphatic heterocycles. The summed E-state index contributed by atoms with van der Waals surface area (Å²) in [5.41, 5.74) is 1.84. The zero-order chi connectivity index (χ0) is 11.5. The van der Waals surface area contributed by atoms with Crippen molar-refractivity contribution in [2.45, 2.75) is 49.4 Å². The number of alkyl halides is 1. The van der Waals surface area contributed by atoms with E-state index in [1.165, 1.54) is 55.7 Å². The van der Waals surface area contributed by atoms with E-state index in [-0.39, 0.29) is 0 Å². The molecule has 0 aromatic heterocycles. The highest BCUT2D eigenvalue weighted by molar-refractivity contribution is 8.00. The summed E-state index contributed by atoms with van der Waals surface area (Å²) in [6, 6.07) is 0. The van der Waals surface area contributed by atoms with Crippen LogP contribution in [0.5, 0.6) is 0 Å². The molecule has 0 aromatic carbocycles. The normalized spacial score (nSPS) is 54.8. The molecule has 0 aromatic rings. The summed E-state index contributed by atoms with van der Waals surface area (Å²) in [6.07, 6.45) is 8.00. The van der Waals surface area contributed by atoms with Crippen molar-refractivity contribution in [1.29, 1.82) is 0 Å². The van der Waals surface area contributed by atoms with Gasteiger partial charge in [0.05, 0.1) is 5.54 Å². The van der Waals surface area contributed by atoms with E-state index in [1.807, 2.05) is 0 Å². The van der Waals surface area contributed by atoms with Crippen molar-refractivity contribution < 1.29 is 0 Å². The summed E-state index contributed by atoms with van der Waals surface area (Å²) >= 11 is 8.65. The lowest BCUT2D eigenvalue weighted by molar-refractivity contribution is 0.00580. The fourth-order valence-corrected chi connectivity index (χ4v) is 6.28. The van der Waals surface area contributed by atoms with Gasteiger partial charge in [0.2, 0.25) is 0 Å². The molecule has 4 bridgehead atoms. The van der Waals surface area contributed by atoms with Gasteiger partial charge in [0.1, 0.15) is 0 Å². The van der Waals surface area contributed by atoms with Crippen LogP contribution in [0.3, 0.4) is 0 Å². The first-order valence-corrected chi connectivity index (χ1v) is 8.63. The van der Waals surface area contributed by atoms with Crippen LogP contribution in [-0.4, -0.2) is 28.1 Å². The summed E-state index contributed by atoms with van der Waals surface area (Å²) in [5.74, 6) is 5.00. The molecular weight excluding hydrogens is 250 g/mol. The lowest BCUT2D eigenvalue weighted by Gasteiger charge is -2.57. The molecule has 17 heavy (non-hydrogen) atoms. The molecule has 5 fully saturated rings. The minimum atomic E-state index is 0.335. The second-order valence-electron chi connectivity index (χ2n) is 6.62. The molecule has 0 spiro atoms. The van der Waals surface area contributed by atoms with Crippen LogP contribution >= 0.6 is 23.4 Å². The Kier molecular flexibility index (Phi) is 2.56. The SMILES string of the molecule is ClC1C2CC3CC1CC(N=C1CCSC1)(C3)C2. The van der Waals surface area contributed by atoms with Crippen LogP contribution < -0.4 is 0 Å². The van der Waals surface area contributed by atoms with Crippen LogP contribution in [0, 0.1) is 17.8 Å². The van der Waals surface area contributed by atoms with Gasteiger partial charge in [0.25, 0.3) is 0 Å². The molecule has 2 atom stereocenters. The van der Waals surface area contributed by atoms with E-state index in [0.29, 0.717) is 10.9 Å². The zero-order valence-corrected chi connectivity index (χ0v) is 11.8. The van der Waals surface area contributed by atoms with Crippen LogP contribution in [0.15, 0.2) is 4.99 Å². The number of thioether (sulfide) groups is 1. The highest BCUT2D eigenvalue weighted by atomic mass is 35.5. The third-order valence-corrected chi connectivity index (χ3v) is 7.07. The molecule has 1 heterocycles. The van der Waals surface area contributed by atoms with Crippen molar-refractivity contribution in [3.05, 3.63) is 0 Å². The summed E-state index contributed by atoms with van der Waals surface area (Å²) in [5, 5.41) is 0.470. The van der Waals surface area contributed by atoms with E-state index in [0.717, 1.165) is 17.8 Å². The average molecular weight is 270 g/mol. The molecule has 4 aliphatic carbocycles. The van der Waals surface area contributed by atoms with Gasteiger partial charge in [0, 0.05) is 16.8 Å². The Bertz CT molecular complexity index is 343. The molecule has 1 nitrogen and oxygen atoms in total. The van der Waals surface area contributed by atoms with Gasteiger partial charge >= 0.3 is 0 Å². The minimum absolute atomic E-state index is 0.335. The van der Waals surface area contributed by atoms with Crippen molar-refractivity contribution in [3.63, 3.8) is 0 Å². The quantitative estimate of drug-likeness (QED) is 0.661. The molecular formula is C14H20ClNS. The van der Waals surface area contributed by atoms with Crippen molar-refractivity contribution in [3.8, 4) is 0 Å². The standard InChI is InChI=1S/C14H20ClNS/c15-13-10-3-9-4-11(13)7-14(5-9,6-10)16-12-1-2-17-8-12/h9-11,13H,1-8H2. The predicted octanol–water partition coefficient (Wildman–Crippen LogP) is 3.75. The lowest BCUT2D eigenvalue weighted by Crippen LogP contribution is -2.54. The molecule has 0 radical (unpaired) electrons. The number of aliphatic imine (C=N–C) groups is 1. The van der Waals surface area contributed by atoms with Crippen molar-refractivity contribution in [2.75, 3.05) is 11.5 Å². The summed E-state index contributed by atoms with van der Waals surface area (Å²) < 4.78 is 0. The van der Waals surface area contributed by atoms with Crippen molar-refractivity contribution in [1.82, 2.24) is 0 Å². The second kappa shape index (κ2) is 3.90. The van der Waals surface area contributed by atoms with Gasteiger partial charge < -0.3 is 0 Å². The van der Waals surface area contributed by atoms with Crippen LogP contribution in [0.25, 0.3) is 0 Å². The molecule has 0 amide bonds. The van der Waals surface area contributed by atoms with E-state index in [2.05, 4.69) is 11.8 Å². The number of halogens is 1. The molecule has 5 aliphatic rings. The second-order valence-corrected chi connectivity index (χ2v) is 8.23. The molecule has 3 heteroatoms. The van der Waals surface area contributed by atoms with Gasteiger partial charge in [-0.2, -0.15) is 11.8 Å². The maximum Gasteiger partial charge on any atom is 0.0616 e. The van der Waals surface area contributed by atoms with Crippen molar-refractivity contribution in [2.24, 2.45) is 22.7 Å². The first kappa shape index (κ1) is 11.2. The van der Waals surface area contributed by atoms with Gasteiger partial charge in [-0.3, -0.25) is 4.99 Å². The minimum Gasteiger partial charge on any atom is -0.287 e. The van der Waals surface area contributed by atoms with Crippen LogP contribution in [0.1, 0.15) is 38.5 Å². The van der Waals surface area contributed by atoms with Crippen molar-refractivity contribution >= 4 is 29.1 Å². The number of hydrogen-bond acceptors (Lipinski definition) is 2. The molecule has 1 saturated heterocycles. The fourth-order valence-electron chi connectivity index (χ4n) is 4.93. The Hall–Kier alpha value is 0.310. The van der Waals surface area contributed by atoms with E-state index in [4.69, 9.17) is 16.6 Å². The molecule has 0 N–H and O–H groups in total. The van der Waals surface area contributed by atoms with Gasteiger partial charge in [0.15, 0.2) is 0 Å². The maximum absolute atomic E-state index is 6.60. The highest BCUT2D eigenvalue weighted by Gasteiger charge is 2.55. The van der Waals surface area contributed by atoms with Gasteiger partial charge in [-0.15, -0.1) is 11.6 Å². The van der Waals surface area contributed by atoms with Gasteiger partial charge in [-0.05, 0) is 62.0 Å². The largest absolute Gasteiger partial charge is 0.287 e. The molecule has 5 rings (SSSR count). The van der Waals surface area contributed by atoms with Gasteiger partial charge in [-0.1, -0.05) is 0 Å². The van der Waals surface area contributed by atoms with Crippen LogP contribution in [-0.2, 0) is 0 Å². The average Bonchev–Trinajstić information content (AvgIpc) is 2.76. The summed E-state index contributed by atoms with van der Waals surface area (Å²) in [4.78, 5) is 5.24. The molecule has 94 valence electrons. The van der Waals surface area contributed by atoms with E-state index in [9.17, 15) is 0 Å². The zero-order valence-electron chi connectivity index (χ0n) is 10.2. The highest BCUT2D eigenvalue weighted by Crippen LogP contribution is 2.58. The Morgan fingerprint density at radius 3 is 2.59 bits per heavy atom. The predicted molar refractivity (Wildman–Crippen MR) is 75.3 cm³/mol. The Labute approximate surface area is 113 Å². The van der Waals surface area contributed by atoms with Gasteiger partial charge in [-0.25, -0.2) is 0 Å². The van der Waals surface area contributed by atoms with Crippen LogP contribution in [0.2, 0.25) is 0 Å². The first-order chi connectivity index (χ1) is 8.24. The lowest BCUT2D eigenvalue weighted by atomic mass is 9.53. The fraction of sp³-hybridized carbons (Fsp3) is 0.929. The molecule has 2 unspecified atom stereocenters. The topological polar surface area (TPSA) is 12.4 Å². The summed E-state index contributed by atoms with van der Waals surface area (Å²) in [7, 11) is 0. The third-order valence-electron chi connectivity index (χ3n) is 5.32. The smallest absolute Gasteiger partial charge is 0.0616 e. The molecule has 4 saturated carbocycles. The maximum atomic E-state index is 6.60. The van der Waals surface area contributed by atoms with E-state index >= 15 is 0 Å². The summed E-state index contributed by atoms with van der Waals surface area (Å²) in [6.45, 7) is 0.